The van der Waals surface area contributed by atoms with Crippen LogP contribution in [0.1, 0.15) is 46.8 Å². The van der Waals surface area contributed by atoms with Crippen molar-refractivity contribution in [2.24, 2.45) is 11.7 Å². The quantitative estimate of drug-likeness (QED) is 0.566. The van der Waals surface area contributed by atoms with Crippen molar-refractivity contribution >= 4 is 18.4 Å². The molecule has 3 N–H and O–H groups in total. The number of hydrogen-bond donors (Lipinski definition) is 2. The van der Waals surface area contributed by atoms with E-state index in [1.165, 1.54) is 12.7 Å². The zero-order valence-electron chi connectivity index (χ0n) is 16.0. The molecule has 1 aliphatic carbocycles. The Balaban J connectivity index is 0.00000280. The summed E-state index contributed by atoms with van der Waals surface area (Å²) in [4.78, 5) is 11.9. The van der Waals surface area contributed by atoms with Gasteiger partial charge in [-0.2, -0.15) is 0 Å². The lowest BCUT2D eigenvalue weighted by atomic mass is 9.86. The van der Waals surface area contributed by atoms with Gasteiger partial charge in [-0.3, -0.25) is 0 Å². The molecule has 0 radical (unpaired) electrons. The van der Waals surface area contributed by atoms with Crippen LogP contribution in [0.5, 0.6) is 5.75 Å². The highest BCUT2D eigenvalue weighted by atomic mass is 35.5. The first kappa shape index (κ1) is 22.2. The number of fused-ring (bicyclic) bond motifs is 1. The number of carbonyl (C=O) groups is 1. The fourth-order valence-corrected chi connectivity index (χ4v) is 3.76. The molecule has 152 valence electrons. The number of carbonyl (C=O) groups excluding carboxylic acids is 1. The number of methoxy groups -OCH3 is 1. The molecule has 0 saturated carbocycles. The maximum absolute atomic E-state index is 11.9. The number of benzene rings is 2. The zero-order chi connectivity index (χ0) is 19.2. The highest BCUT2D eigenvalue weighted by molar-refractivity contribution is 5.89. The van der Waals surface area contributed by atoms with Crippen LogP contribution in [0.4, 0.5) is 0 Å². The Hall–Kier alpha value is -2.08. The Kier molecular flexibility index (Phi) is 8.30. The number of ether oxygens (including phenoxy) is 2. The van der Waals surface area contributed by atoms with E-state index in [9.17, 15) is 9.90 Å². The molecule has 0 spiro atoms. The molecule has 0 bridgehead atoms. The van der Waals surface area contributed by atoms with Crippen LogP contribution in [-0.2, 0) is 11.2 Å². The molecule has 0 heterocycles. The van der Waals surface area contributed by atoms with Crippen molar-refractivity contribution in [1.29, 1.82) is 0 Å². The zero-order valence-corrected chi connectivity index (χ0v) is 16.9. The first-order valence-corrected chi connectivity index (χ1v) is 9.41. The van der Waals surface area contributed by atoms with Crippen molar-refractivity contribution in [3.63, 3.8) is 0 Å². The van der Waals surface area contributed by atoms with Crippen LogP contribution in [0.25, 0.3) is 0 Å². The van der Waals surface area contributed by atoms with Crippen LogP contribution in [0.3, 0.4) is 0 Å². The predicted molar refractivity (Wildman–Crippen MR) is 111 cm³/mol. The first-order valence-electron chi connectivity index (χ1n) is 9.41. The van der Waals surface area contributed by atoms with E-state index in [1.807, 2.05) is 42.5 Å². The van der Waals surface area contributed by atoms with E-state index < -0.39 is 6.10 Å². The molecule has 2 aromatic rings. The Morgan fingerprint density at radius 1 is 1.25 bits per heavy atom. The van der Waals surface area contributed by atoms with E-state index in [4.69, 9.17) is 15.2 Å². The molecule has 1 aliphatic rings. The molecule has 3 rings (SSSR count). The molecule has 2 aromatic carbocycles. The number of hydrogen-bond acceptors (Lipinski definition) is 5. The van der Waals surface area contributed by atoms with Crippen LogP contribution in [0.2, 0.25) is 0 Å². The van der Waals surface area contributed by atoms with Gasteiger partial charge in [0.1, 0.15) is 12.4 Å². The average molecular weight is 406 g/mol. The SMILES string of the molecule is COC(=O)c1ccc2c(c1)C(N)C(C[C@H](O)COc1ccccc1)CCC2.Cl. The van der Waals surface area contributed by atoms with Gasteiger partial charge in [0.15, 0.2) is 0 Å². The smallest absolute Gasteiger partial charge is 0.337 e. The normalized spacial score (nSPS) is 19.5. The molecule has 5 nitrogen and oxygen atoms in total. The van der Waals surface area contributed by atoms with Crippen molar-refractivity contribution in [2.45, 2.75) is 37.8 Å². The van der Waals surface area contributed by atoms with Gasteiger partial charge in [-0.05, 0) is 67.0 Å². The monoisotopic (exact) mass is 405 g/mol. The van der Waals surface area contributed by atoms with E-state index in [0.717, 1.165) is 30.6 Å². The topological polar surface area (TPSA) is 81.8 Å². The number of para-hydroxylation sites is 1. The number of esters is 1. The van der Waals surface area contributed by atoms with Crippen LogP contribution in [0.15, 0.2) is 48.5 Å². The van der Waals surface area contributed by atoms with Crippen LogP contribution >= 0.6 is 12.4 Å². The van der Waals surface area contributed by atoms with Gasteiger partial charge in [-0.25, -0.2) is 4.79 Å². The molecule has 2 unspecified atom stereocenters. The largest absolute Gasteiger partial charge is 0.491 e. The maximum atomic E-state index is 11.9. The van der Waals surface area contributed by atoms with Crippen LogP contribution < -0.4 is 10.5 Å². The average Bonchev–Trinajstić information content (AvgIpc) is 2.85. The lowest BCUT2D eigenvalue weighted by molar-refractivity contribution is 0.0600. The highest BCUT2D eigenvalue weighted by Gasteiger charge is 2.28. The lowest BCUT2D eigenvalue weighted by Crippen LogP contribution is -2.28. The van der Waals surface area contributed by atoms with Gasteiger partial charge in [0.05, 0.1) is 18.8 Å². The molecular formula is C22H28ClNO4. The molecule has 0 aliphatic heterocycles. The number of aliphatic hydroxyl groups excluding tert-OH is 1. The fraction of sp³-hybridized carbons (Fsp3) is 0.409. The molecule has 3 atom stereocenters. The highest BCUT2D eigenvalue weighted by Crippen LogP contribution is 2.35. The Morgan fingerprint density at radius 2 is 2.00 bits per heavy atom. The summed E-state index contributed by atoms with van der Waals surface area (Å²) in [6.07, 6.45) is 2.85. The van der Waals surface area contributed by atoms with E-state index in [-0.39, 0.29) is 36.9 Å². The van der Waals surface area contributed by atoms with E-state index in [0.29, 0.717) is 12.0 Å². The second-order valence-corrected chi connectivity index (χ2v) is 7.10. The lowest BCUT2D eigenvalue weighted by Gasteiger charge is -2.25. The molecule has 0 aromatic heterocycles. The molecule has 0 saturated heterocycles. The summed E-state index contributed by atoms with van der Waals surface area (Å²) >= 11 is 0. The summed E-state index contributed by atoms with van der Waals surface area (Å²) in [5, 5.41) is 10.4. The minimum absolute atomic E-state index is 0. The number of aliphatic hydroxyl groups is 1. The molecule has 0 amide bonds. The Morgan fingerprint density at radius 3 is 2.71 bits per heavy atom. The molecular weight excluding hydrogens is 378 g/mol. The van der Waals surface area contributed by atoms with E-state index in [2.05, 4.69) is 0 Å². The summed E-state index contributed by atoms with van der Waals surface area (Å²) in [6.45, 7) is 0.238. The van der Waals surface area contributed by atoms with Gasteiger partial charge in [-0.15, -0.1) is 12.4 Å². The van der Waals surface area contributed by atoms with Gasteiger partial charge < -0.3 is 20.3 Å². The minimum Gasteiger partial charge on any atom is -0.491 e. The van der Waals surface area contributed by atoms with E-state index in [1.54, 1.807) is 6.07 Å². The summed E-state index contributed by atoms with van der Waals surface area (Å²) in [5.41, 5.74) is 9.22. The number of rotatable bonds is 6. The number of halogens is 1. The number of aryl methyl sites for hydroxylation is 1. The summed E-state index contributed by atoms with van der Waals surface area (Å²) in [7, 11) is 1.37. The van der Waals surface area contributed by atoms with Gasteiger partial charge >= 0.3 is 5.97 Å². The second-order valence-electron chi connectivity index (χ2n) is 7.10. The van der Waals surface area contributed by atoms with Gasteiger partial charge in [0.2, 0.25) is 0 Å². The van der Waals surface area contributed by atoms with Gasteiger partial charge in [0, 0.05) is 6.04 Å². The maximum Gasteiger partial charge on any atom is 0.337 e. The standard InChI is InChI=1S/C22H27NO4.ClH/c1-26-22(25)17-11-10-15-6-5-7-16(21(23)20(15)13-17)12-18(24)14-27-19-8-3-2-4-9-19;/h2-4,8-11,13,16,18,21,24H,5-7,12,14,23H2,1H3;1H/t16?,18-,21?;/m0./s1. The van der Waals surface area contributed by atoms with Crippen molar-refractivity contribution < 1.29 is 19.4 Å². The van der Waals surface area contributed by atoms with Crippen LogP contribution in [-0.4, -0.2) is 30.9 Å². The third-order valence-electron chi connectivity index (χ3n) is 5.22. The van der Waals surface area contributed by atoms with Crippen molar-refractivity contribution in [3.05, 3.63) is 65.2 Å². The summed E-state index contributed by atoms with van der Waals surface area (Å²) < 4.78 is 10.5. The van der Waals surface area contributed by atoms with Crippen molar-refractivity contribution in [3.8, 4) is 5.75 Å². The Labute approximate surface area is 172 Å². The van der Waals surface area contributed by atoms with E-state index >= 15 is 0 Å². The minimum atomic E-state index is -0.591. The summed E-state index contributed by atoms with van der Waals surface area (Å²) in [5.74, 6) is 0.519. The fourth-order valence-electron chi connectivity index (χ4n) is 3.76. The molecule has 6 heteroatoms. The number of nitrogens with two attached hydrogens (primary N) is 1. The van der Waals surface area contributed by atoms with Gasteiger partial charge in [0.25, 0.3) is 0 Å². The van der Waals surface area contributed by atoms with Crippen LogP contribution in [0, 0.1) is 5.92 Å². The predicted octanol–water partition coefficient (Wildman–Crippen LogP) is 3.68. The third kappa shape index (κ3) is 5.47. The molecule has 28 heavy (non-hydrogen) atoms. The first-order chi connectivity index (χ1) is 13.1. The van der Waals surface area contributed by atoms with Crippen molar-refractivity contribution in [2.75, 3.05) is 13.7 Å². The second kappa shape index (κ2) is 10.5. The Bertz CT molecular complexity index is 768. The van der Waals surface area contributed by atoms with Crippen molar-refractivity contribution in [1.82, 2.24) is 0 Å². The van der Waals surface area contributed by atoms with Gasteiger partial charge in [-0.1, -0.05) is 24.3 Å². The third-order valence-corrected chi connectivity index (χ3v) is 5.22. The molecule has 0 fully saturated rings. The summed E-state index contributed by atoms with van der Waals surface area (Å²) in [6, 6.07) is 14.9.